The maximum Gasteiger partial charge on any atom is 0.191 e. The molecule has 0 fully saturated rings. The lowest BCUT2D eigenvalue weighted by Gasteiger charge is -2.15. The van der Waals surface area contributed by atoms with Crippen LogP contribution in [0.15, 0.2) is 90.7 Å². The van der Waals surface area contributed by atoms with Gasteiger partial charge >= 0.3 is 0 Å². The highest BCUT2D eigenvalue weighted by Crippen LogP contribution is 2.24. The summed E-state index contributed by atoms with van der Waals surface area (Å²) in [6, 6.07) is 19.2. The van der Waals surface area contributed by atoms with Gasteiger partial charge in [0.05, 0.1) is 6.33 Å². The molecule has 0 saturated carbocycles. The number of hydrogen-bond acceptors (Lipinski definition) is 3. The van der Waals surface area contributed by atoms with E-state index in [-0.39, 0.29) is 0 Å². The minimum Gasteiger partial charge on any atom is -0.356 e. The summed E-state index contributed by atoms with van der Waals surface area (Å²) < 4.78 is 4.01. The van der Waals surface area contributed by atoms with Gasteiger partial charge in [-0.25, -0.2) is 4.98 Å². The Balaban J connectivity index is 1.33. The number of aromatic nitrogens is 4. The van der Waals surface area contributed by atoms with Crippen LogP contribution in [0.5, 0.6) is 0 Å². The highest BCUT2D eigenvalue weighted by Gasteiger charge is 2.06. The molecule has 0 spiro atoms. The lowest BCUT2D eigenvalue weighted by atomic mass is 9.98. The van der Waals surface area contributed by atoms with Gasteiger partial charge in [-0.05, 0) is 34.7 Å². The molecular formula is C25H29N7. The number of imidazole rings is 1. The van der Waals surface area contributed by atoms with Crippen LogP contribution >= 0.6 is 0 Å². The third kappa shape index (κ3) is 5.85. The highest BCUT2D eigenvalue weighted by atomic mass is 15.3. The van der Waals surface area contributed by atoms with E-state index in [4.69, 9.17) is 0 Å². The Labute approximate surface area is 188 Å². The maximum atomic E-state index is 4.35. The molecule has 0 aliphatic carbocycles. The number of aliphatic imine (C=N–C) groups is 1. The molecule has 0 aliphatic rings. The lowest BCUT2D eigenvalue weighted by molar-refractivity contribution is 0.570. The second-order valence-electron chi connectivity index (χ2n) is 7.56. The van der Waals surface area contributed by atoms with Gasteiger partial charge in [0, 0.05) is 58.0 Å². The van der Waals surface area contributed by atoms with E-state index < -0.39 is 0 Å². The van der Waals surface area contributed by atoms with Crippen molar-refractivity contribution in [2.24, 2.45) is 4.99 Å². The second kappa shape index (κ2) is 10.9. The molecule has 0 bridgehead atoms. The Hall–Kier alpha value is -3.87. The van der Waals surface area contributed by atoms with E-state index in [0.717, 1.165) is 32.0 Å². The van der Waals surface area contributed by atoms with Gasteiger partial charge in [0.15, 0.2) is 5.96 Å². The molecule has 4 aromatic rings. The molecule has 0 aliphatic heterocycles. The fraction of sp³-hybridized carbons (Fsp3) is 0.240. The molecule has 0 amide bonds. The summed E-state index contributed by atoms with van der Waals surface area (Å²) in [7, 11) is 1.80. The van der Waals surface area contributed by atoms with E-state index in [1.54, 1.807) is 19.4 Å². The van der Waals surface area contributed by atoms with E-state index in [0.29, 0.717) is 6.54 Å². The topological polar surface area (TPSA) is 72.1 Å². The predicted molar refractivity (Wildman–Crippen MR) is 128 cm³/mol. The molecule has 2 aromatic heterocycles. The Morgan fingerprint density at radius 1 is 0.969 bits per heavy atom. The van der Waals surface area contributed by atoms with Gasteiger partial charge < -0.3 is 15.2 Å². The average molecular weight is 428 g/mol. The summed E-state index contributed by atoms with van der Waals surface area (Å²) in [5.74, 6) is 0.802. The van der Waals surface area contributed by atoms with Crippen molar-refractivity contribution in [2.75, 3.05) is 13.6 Å². The van der Waals surface area contributed by atoms with Crippen molar-refractivity contribution in [1.29, 1.82) is 0 Å². The zero-order chi connectivity index (χ0) is 22.0. The Bertz CT molecular complexity index is 1100. The van der Waals surface area contributed by atoms with Gasteiger partial charge in [0.1, 0.15) is 0 Å². The van der Waals surface area contributed by atoms with Crippen LogP contribution in [0.4, 0.5) is 0 Å². The van der Waals surface area contributed by atoms with Crippen LogP contribution < -0.4 is 10.6 Å². The molecular weight excluding hydrogens is 398 g/mol. The fourth-order valence-electron chi connectivity index (χ4n) is 3.62. The first-order chi connectivity index (χ1) is 15.8. The predicted octanol–water partition coefficient (Wildman–Crippen LogP) is 3.55. The molecule has 2 aromatic carbocycles. The van der Waals surface area contributed by atoms with Crippen molar-refractivity contribution in [1.82, 2.24) is 30.0 Å². The van der Waals surface area contributed by atoms with Gasteiger partial charge in [0.25, 0.3) is 0 Å². The van der Waals surface area contributed by atoms with Crippen molar-refractivity contribution in [2.45, 2.75) is 26.1 Å². The van der Waals surface area contributed by atoms with Crippen LogP contribution in [0, 0.1) is 0 Å². The minimum atomic E-state index is 0.700. The van der Waals surface area contributed by atoms with E-state index in [1.807, 2.05) is 29.5 Å². The first-order valence-electron chi connectivity index (χ1n) is 10.9. The zero-order valence-electron chi connectivity index (χ0n) is 18.4. The molecule has 0 radical (unpaired) electrons. The number of rotatable bonds is 9. The molecule has 164 valence electrons. The van der Waals surface area contributed by atoms with Crippen LogP contribution in [-0.2, 0) is 19.6 Å². The largest absolute Gasteiger partial charge is 0.356 e. The molecule has 2 N–H and O–H groups in total. The first-order valence-corrected chi connectivity index (χ1v) is 10.9. The van der Waals surface area contributed by atoms with Crippen molar-refractivity contribution in [3.05, 3.63) is 96.8 Å². The van der Waals surface area contributed by atoms with E-state index in [1.165, 1.54) is 22.3 Å². The van der Waals surface area contributed by atoms with Gasteiger partial charge in [-0.15, -0.1) is 0 Å². The molecule has 0 saturated heterocycles. The average Bonchev–Trinajstić information content (AvgIpc) is 3.54. The van der Waals surface area contributed by atoms with E-state index in [9.17, 15) is 0 Å². The minimum absolute atomic E-state index is 0.700. The lowest BCUT2D eigenvalue weighted by Crippen LogP contribution is -2.37. The highest BCUT2D eigenvalue weighted by molar-refractivity contribution is 5.80. The van der Waals surface area contributed by atoms with Crippen LogP contribution in [0.3, 0.4) is 0 Å². The summed E-state index contributed by atoms with van der Waals surface area (Å²) in [6.45, 7) is 3.24. The normalized spacial score (nSPS) is 11.5. The SMILES string of the molecule is CN=C(NCCCn1cccn1)NCc1ccccc1-c1ccc(Cn2ccnc2)cc1. The summed E-state index contributed by atoms with van der Waals surface area (Å²) in [4.78, 5) is 8.46. The first kappa shape index (κ1) is 21.4. The fourth-order valence-corrected chi connectivity index (χ4v) is 3.62. The molecule has 7 heteroatoms. The van der Waals surface area contributed by atoms with Crippen LogP contribution in [-0.4, -0.2) is 38.9 Å². The number of benzene rings is 2. The van der Waals surface area contributed by atoms with Crippen molar-refractivity contribution in [3.8, 4) is 11.1 Å². The number of nitrogens with one attached hydrogen (secondary N) is 2. The number of aryl methyl sites for hydroxylation is 1. The number of nitrogens with zero attached hydrogens (tertiary/aromatic N) is 5. The van der Waals surface area contributed by atoms with Crippen LogP contribution in [0.2, 0.25) is 0 Å². The summed E-state index contributed by atoms with van der Waals surface area (Å²) in [5.41, 5.74) is 4.92. The molecule has 2 heterocycles. The van der Waals surface area contributed by atoms with E-state index >= 15 is 0 Å². The molecule has 4 rings (SSSR count). The summed E-state index contributed by atoms with van der Waals surface area (Å²) in [5, 5.41) is 11.0. The summed E-state index contributed by atoms with van der Waals surface area (Å²) in [6.07, 6.45) is 10.4. The van der Waals surface area contributed by atoms with Crippen molar-refractivity contribution >= 4 is 5.96 Å². The summed E-state index contributed by atoms with van der Waals surface area (Å²) >= 11 is 0. The monoisotopic (exact) mass is 427 g/mol. The Morgan fingerprint density at radius 2 is 1.84 bits per heavy atom. The standard InChI is InChI=1S/C25H29N7/c1-26-25(28-12-4-15-32-16-5-13-30-32)29-18-23-6-2-3-7-24(23)22-10-8-21(9-11-22)19-31-17-14-27-20-31/h2-3,5-11,13-14,16-17,20H,4,12,15,18-19H2,1H3,(H2,26,28,29). The van der Waals surface area contributed by atoms with E-state index in [2.05, 4.69) is 78.8 Å². The molecule has 0 atom stereocenters. The number of guanidine groups is 1. The van der Waals surface area contributed by atoms with Crippen molar-refractivity contribution in [3.63, 3.8) is 0 Å². The second-order valence-corrected chi connectivity index (χ2v) is 7.56. The number of hydrogen-bond donors (Lipinski definition) is 2. The van der Waals surface area contributed by atoms with Gasteiger partial charge in [-0.2, -0.15) is 5.10 Å². The molecule has 7 nitrogen and oxygen atoms in total. The van der Waals surface area contributed by atoms with Gasteiger partial charge in [-0.1, -0.05) is 48.5 Å². The third-order valence-corrected chi connectivity index (χ3v) is 5.29. The maximum absolute atomic E-state index is 4.35. The quantitative estimate of drug-likeness (QED) is 0.243. The van der Waals surface area contributed by atoms with Gasteiger partial charge in [-0.3, -0.25) is 9.67 Å². The Morgan fingerprint density at radius 3 is 2.59 bits per heavy atom. The Kier molecular flexibility index (Phi) is 7.31. The van der Waals surface area contributed by atoms with Crippen LogP contribution in [0.25, 0.3) is 11.1 Å². The zero-order valence-corrected chi connectivity index (χ0v) is 18.4. The third-order valence-electron chi connectivity index (χ3n) is 5.29. The van der Waals surface area contributed by atoms with Crippen molar-refractivity contribution < 1.29 is 0 Å². The molecule has 32 heavy (non-hydrogen) atoms. The molecule has 0 unspecified atom stereocenters. The van der Waals surface area contributed by atoms with Gasteiger partial charge in [0.2, 0.25) is 0 Å². The van der Waals surface area contributed by atoms with Crippen LogP contribution in [0.1, 0.15) is 17.5 Å². The smallest absolute Gasteiger partial charge is 0.191 e.